The van der Waals surface area contributed by atoms with Gasteiger partial charge in [-0.2, -0.15) is 0 Å². The van der Waals surface area contributed by atoms with Crippen LogP contribution in [-0.2, 0) is 0 Å². The van der Waals surface area contributed by atoms with Crippen LogP contribution in [0.2, 0.25) is 0 Å². The number of nitrogens with one attached hydrogen (secondary N) is 2. The van der Waals surface area contributed by atoms with E-state index < -0.39 is 0 Å². The normalized spacial score (nSPS) is 8.91. The van der Waals surface area contributed by atoms with Gasteiger partial charge in [0.1, 0.15) is 37.1 Å². The van der Waals surface area contributed by atoms with Gasteiger partial charge in [0.25, 0.3) is 0 Å². The van der Waals surface area contributed by atoms with Gasteiger partial charge in [0, 0.05) is 73.5 Å². The van der Waals surface area contributed by atoms with Crippen LogP contribution in [0.25, 0.3) is 32.3 Å². The van der Waals surface area contributed by atoms with E-state index in [0.29, 0.717) is 0 Å². The van der Waals surface area contributed by atoms with Crippen LogP contribution in [-0.4, -0.2) is 79.7 Å². The Morgan fingerprint density at radius 1 is 0.424 bits per heavy atom. The molecular formula is C46H42N16O2S2. The molecule has 20 heteroatoms. The smallest absolute Gasteiger partial charge is 0.181 e. The van der Waals surface area contributed by atoms with Crippen molar-refractivity contribution < 1.29 is 8.83 Å². The molecule has 10 aromatic heterocycles. The summed E-state index contributed by atoms with van der Waals surface area (Å²) in [7, 11) is 0. The van der Waals surface area contributed by atoms with Crippen molar-refractivity contribution in [3.8, 4) is 0 Å². The Balaban J connectivity index is 0.000000162. The molecule has 2 N–H and O–H groups in total. The number of benzene rings is 3. The summed E-state index contributed by atoms with van der Waals surface area (Å²) in [6.07, 6.45) is 33.7. The molecule has 10 heterocycles. The highest BCUT2D eigenvalue weighted by atomic mass is 32.1. The Labute approximate surface area is 386 Å². The molecule has 0 fully saturated rings. The molecule has 13 rings (SSSR count). The molecule has 3 aromatic carbocycles. The molecule has 18 nitrogen and oxygen atoms in total. The van der Waals surface area contributed by atoms with Crippen LogP contribution >= 0.6 is 22.7 Å². The number of pyridine rings is 1. The Morgan fingerprint density at radius 2 is 1.09 bits per heavy atom. The second-order valence-corrected chi connectivity index (χ2v) is 12.9. The second kappa shape index (κ2) is 35.5. The van der Waals surface area contributed by atoms with Crippen LogP contribution in [0, 0.1) is 0 Å². The van der Waals surface area contributed by atoms with Crippen molar-refractivity contribution in [3.05, 3.63) is 245 Å². The van der Waals surface area contributed by atoms with Gasteiger partial charge >= 0.3 is 0 Å². The van der Waals surface area contributed by atoms with Crippen LogP contribution in [0.5, 0.6) is 0 Å². The fraction of sp³-hybridized carbons (Fsp3) is 0. The number of rotatable bonds is 0. The lowest BCUT2D eigenvalue weighted by Crippen LogP contribution is -1.73. The Hall–Kier alpha value is -9.14. The molecule has 0 aliphatic carbocycles. The minimum Gasteiger partial charge on any atom is -0.452 e. The molecule has 0 unspecified atom stereocenters. The molecule has 13 aromatic rings. The summed E-state index contributed by atoms with van der Waals surface area (Å²) >= 11 is 3.28. The third-order valence-corrected chi connectivity index (χ3v) is 8.16. The van der Waals surface area contributed by atoms with Gasteiger partial charge < -0.3 is 18.8 Å². The van der Waals surface area contributed by atoms with Crippen molar-refractivity contribution in [1.29, 1.82) is 0 Å². The molecule has 330 valence electrons. The van der Waals surface area contributed by atoms with Gasteiger partial charge in [0.05, 0.1) is 51.1 Å². The minimum atomic E-state index is 0.845. The number of nitrogens with zero attached hydrogens (tertiary/aromatic N) is 14. The van der Waals surface area contributed by atoms with Crippen LogP contribution in [0.4, 0.5) is 0 Å². The number of hydrogen-bond donors (Lipinski definition) is 2. The lowest BCUT2D eigenvalue weighted by Gasteiger charge is -1.81. The minimum absolute atomic E-state index is 0.845. The number of fused-ring (bicyclic) bond motifs is 3. The number of thiazole rings is 2. The second-order valence-electron chi connectivity index (χ2n) is 11.3. The summed E-state index contributed by atoms with van der Waals surface area (Å²) in [4.78, 5) is 58.1. The molecule has 0 aliphatic heterocycles. The van der Waals surface area contributed by atoms with Gasteiger partial charge in [0.2, 0.25) is 0 Å². The van der Waals surface area contributed by atoms with Crippen LogP contribution < -0.4 is 0 Å². The first-order valence-electron chi connectivity index (χ1n) is 19.2. The van der Waals surface area contributed by atoms with Gasteiger partial charge in [-0.3, -0.25) is 19.9 Å². The van der Waals surface area contributed by atoms with Gasteiger partial charge in [-0.1, -0.05) is 42.5 Å². The largest absolute Gasteiger partial charge is 0.452 e. The monoisotopic (exact) mass is 914 g/mol. The zero-order chi connectivity index (χ0) is 45.9. The summed E-state index contributed by atoms with van der Waals surface area (Å²) in [5, 5.41) is 1.93. The highest BCUT2D eigenvalue weighted by Crippen LogP contribution is 2.15. The van der Waals surface area contributed by atoms with E-state index in [-0.39, 0.29) is 0 Å². The third-order valence-electron chi connectivity index (χ3n) is 6.82. The first-order valence-corrected chi connectivity index (χ1v) is 21.0. The number of aromatic nitrogens is 16. The van der Waals surface area contributed by atoms with Crippen molar-refractivity contribution in [2.75, 3.05) is 0 Å². The molecule has 0 atom stereocenters. The van der Waals surface area contributed by atoms with Gasteiger partial charge in [-0.15, -0.1) is 22.7 Å². The summed E-state index contributed by atoms with van der Waals surface area (Å²) in [5.74, 6) is 0. The van der Waals surface area contributed by atoms with E-state index in [1.165, 1.54) is 49.1 Å². The van der Waals surface area contributed by atoms with Crippen molar-refractivity contribution in [2.24, 2.45) is 0 Å². The van der Waals surface area contributed by atoms with Gasteiger partial charge in [-0.05, 0) is 54.6 Å². The maximum atomic E-state index is 5.01. The average Bonchev–Trinajstić information content (AvgIpc) is 4.28. The maximum Gasteiger partial charge on any atom is 0.181 e. The summed E-state index contributed by atoms with van der Waals surface area (Å²) in [6, 6.07) is 31.2. The highest BCUT2D eigenvalue weighted by Gasteiger charge is 1.92. The Morgan fingerprint density at radius 3 is 1.53 bits per heavy atom. The number of H-pyrrole nitrogens is 2. The van der Waals surface area contributed by atoms with E-state index in [2.05, 4.69) is 90.2 Å². The van der Waals surface area contributed by atoms with Crippen LogP contribution in [0.15, 0.2) is 254 Å². The molecule has 0 spiro atoms. The number of para-hydroxylation sites is 5. The molecular weight excluding hydrogens is 873 g/mol. The van der Waals surface area contributed by atoms with Crippen molar-refractivity contribution in [2.45, 2.75) is 0 Å². The van der Waals surface area contributed by atoms with Crippen molar-refractivity contribution >= 4 is 55.0 Å². The number of aromatic amines is 2. The van der Waals surface area contributed by atoms with E-state index in [1.807, 2.05) is 95.8 Å². The predicted molar refractivity (Wildman–Crippen MR) is 255 cm³/mol. The van der Waals surface area contributed by atoms with E-state index in [9.17, 15) is 0 Å². The summed E-state index contributed by atoms with van der Waals surface area (Å²) in [5.41, 5.74) is 8.64. The van der Waals surface area contributed by atoms with Crippen LogP contribution in [0.1, 0.15) is 0 Å². The third kappa shape index (κ3) is 24.3. The highest BCUT2D eigenvalue weighted by molar-refractivity contribution is 7.16. The summed E-state index contributed by atoms with van der Waals surface area (Å²) in [6.45, 7) is 0. The molecule has 0 amide bonds. The molecule has 0 saturated carbocycles. The van der Waals surface area contributed by atoms with Gasteiger partial charge in [-0.25, -0.2) is 49.8 Å². The fourth-order valence-corrected chi connectivity index (χ4v) is 5.11. The first kappa shape index (κ1) is 49.5. The van der Waals surface area contributed by atoms with Crippen LogP contribution in [0.3, 0.4) is 0 Å². The Bertz CT molecular complexity index is 2300. The molecule has 66 heavy (non-hydrogen) atoms. The van der Waals surface area contributed by atoms with E-state index in [1.54, 1.807) is 121 Å². The van der Waals surface area contributed by atoms with E-state index in [4.69, 9.17) is 4.42 Å². The topological polar surface area (TPSA) is 238 Å². The zero-order valence-electron chi connectivity index (χ0n) is 35.0. The SMILES string of the molecule is c1c[nH]cn1.c1ccc2[nH]cnc2c1.c1ccc2ocnc2c1.c1ccc2scnc2c1.c1ccncc1.c1cnccn1.c1cncnc1.c1cocn1.c1cscn1.c1ncncn1. The number of oxazole rings is 2. The molecule has 0 bridgehead atoms. The number of hydrogen-bond acceptors (Lipinski definition) is 18. The lowest BCUT2D eigenvalue weighted by atomic mass is 10.3. The summed E-state index contributed by atoms with van der Waals surface area (Å²) < 4.78 is 10.7. The van der Waals surface area contributed by atoms with Crippen molar-refractivity contribution in [1.82, 2.24) is 79.7 Å². The molecule has 0 radical (unpaired) electrons. The quantitative estimate of drug-likeness (QED) is 0.144. The lowest BCUT2D eigenvalue weighted by molar-refractivity contribution is 0.558. The molecule has 0 saturated heterocycles. The first-order chi connectivity index (χ1) is 32.9. The predicted octanol–water partition coefficient (Wildman–Crippen LogP) is 9.82. The zero-order valence-corrected chi connectivity index (χ0v) is 36.6. The number of imidazole rings is 2. The molecule has 0 aliphatic rings. The standard InChI is InChI=1S/C7H6N2.C7H5NO.C7H5NS.C5H5N.2C4H4N2.C3H3N3.C3H4N2.C3H3NO.C3H3NS/c3*1-2-4-7-6(3-1)8-5-9-7;1-2-4-6-5-3-1;1-2-6-4-3-5-1;1-2-5-4-6-3-1;1-4-2-6-3-5-1;3*1-2-5-3-4-1/h1-5H,(H,8,9);2*1-5H;1-5H;2*1-4H;1-3H;1-3H,(H,4,5);2*1-3H. The fourth-order valence-electron chi connectivity index (χ4n) is 4.08. The van der Waals surface area contributed by atoms with Crippen molar-refractivity contribution in [3.63, 3.8) is 0 Å². The van der Waals surface area contributed by atoms with Gasteiger partial charge in [0.15, 0.2) is 18.4 Å². The van der Waals surface area contributed by atoms with E-state index in [0.717, 1.165) is 27.6 Å². The Kier molecular flexibility index (Phi) is 26.6. The maximum absolute atomic E-state index is 5.01. The van der Waals surface area contributed by atoms with E-state index >= 15 is 0 Å². The average molecular weight is 915 g/mol.